The SMILES string of the molecule is C[C@H](C=O)CCCCCCCCCC/C=C/C(=O)O. The fourth-order valence-corrected chi connectivity index (χ4v) is 2.04. The molecule has 1 atom stereocenters. The van der Waals surface area contributed by atoms with Crippen molar-refractivity contribution in [3.05, 3.63) is 12.2 Å². The highest BCUT2D eigenvalue weighted by Crippen LogP contribution is 2.12. The molecule has 0 bridgehead atoms. The Morgan fingerprint density at radius 2 is 1.53 bits per heavy atom. The third-order valence-corrected chi connectivity index (χ3v) is 3.27. The van der Waals surface area contributed by atoms with E-state index in [4.69, 9.17) is 5.11 Å². The van der Waals surface area contributed by atoms with Crippen molar-refractivity contribution in [3.63, 3.8) is 0 Å². The van der Waals surface area contributed by atoms with E-state index in [9.17, 15) is 9.59 Å². The van der Waals surface area contributed by atoms with Gasteiger partial charge in [0.25, 0.3) is 0 Å². The Bertz CT molecular complexity index is 259. The summed E-state index contributed by atoms with van der Waals surface area (Å²) in [5, 5.41) is 8.40. The first-order valence-electron chi connectivity index (χ1n) is 7.51. The number of allylic oxidation sites excluding steroid dienone is 1. The molecule has 0 aromatic heterocycles. The molecule has 0 aliphatic rings. The highest BCUT2D eigenvalue weighted by atomic mass is 16.4. The summed E-state index contributed by atoms with van der Waals surface area (Å²) in [6.07, 6.45) is 15.6. The van der Waals surface area contributed by atoms with Crippen LogP contribution in [0.2, 0.25) is 0 Å². The molecule has 0 heterocycles. The van der Waals surface area contributed by atoms with Crippen molar-refractivity contribution >= 4 is 12.3 Å². The van der Waals surface area contributed by atoms with Crippen molar-refractivity contribution in [1.82, 2.24) is 0 Å². The molecule has 0 aromatic rings. The lowest BCUT2D eigenvalue weighted by Gasteiger charge is -2.03. The normalized spacial score (nSPS) is 12.7. The number of hydrogen-bond donors (Lipinski definition) is 1. The van der Waals surface area contributed by atoms with E-state index >= 15 is 0 Å². The van der Waals surface area contributed by atoms with E-state index < -0.39 is 5.97 Å². The van der Waals surface area contributed by atoms with Crippen LogP contribution in [-0.4, -0.2) is 17.4 Å². The van der Waals surface area contributed by atoms with Crippen LogP contribution in [0.3, 0.4) is 0 Å². The molecule has 0 aliphatic heterocycles. The fraction of sp³-hybridized carbons (Fsp3) is 0.750. The zero-order chi connectivity index (χ0) is 14.3. The predicted octanol–water partition coefficient (Wildman–Crippen LogP) is 4.36. The minimum Gasteiger partial charge on any atom is -0.478 e. The summed E-state index contributed by atoms with van der Waals surface area (Å²) < 4.78 is 0. The lowest BCUT2D eigenvalue weighted by molar-refractivity contribution is -0.131. The van der Waals surface area contributed by atoms with Crippen LogP contribution in [0.25, 0.3) is 0 Å². The molecule has 0 aliphatic carbocycles. The third-order valence-electron chi connectivity index (χ3n) is 3.27. The summed E-state index contributed by atoms with van der Waals surface area (Å²) in [6, 6.07) is 0. The van der Waals surface area contributed by atoms with Gasteiger partial charge in [-0.1, -0.05) is 57.9 Å². The molecular formula is C16H28O3. The second-order valence-electron chi connectivity index (χ2n) is 5.26. The van der Waals surface area contributed by atoms with Crippen LogP contribution in [0.4, 0.5) is 0 Å². The first kappa shape index (κ1) is 17.9. The fourth-order valence-electron chi connectivity index (χ4n) is 2.04. The Balaban J connectivity index is 3.11. The van der Waals surface area contributed by atoms with Gasteiger partial charge >= 0.3 is 5.97 Å². The lowest BCUT2D eigenvalue weighted by atomic mass is 10.0. The van der Waals surface area contributed by atoms with Crippen molar-refractivity contribution in [2.24, 2.45) is 5.92 Å². The summed E-state index contributed by atoms with van der Waals surface area (Å²) in [5.41, 5.74) is 0. The number of aldehydes is 1. The van der Waals surface area contributed by atoms with E-state index in [0.717, 1.165) is 25.5 Å². The molecule has 0 saturated carbocycles. The topological polar surface area (TPSA) is 54.4 Å². The smallest absolute Gasteiger partial charge is 0.327 e. The van der Waals surface area contributed by atoms with Crippen molar-refractivity contribution in [2.75, 3.05) is 0 Å². The number of carboxylic acids is 1. The van der Waals surface area contributed by atoms with E-state index in [1.54, 1.807) is 6.08 Å². The molecule has 110 valence electrons. The van der Waals surface area contributed by atoms with Gasteiger partial charge in [-0.15, -0.1) is 0 Å². The molecule has 3 heteroatoms. The first-order chi connectivity index (χ1) is 9.16. The zero-order valence-electron chi connectivity index (χ0n) is 12.1. The largest absolute Gasteiger partial charge is 0.478 e. The molecule has 3 nitrogen and oxygen atoms in total. The van der Waals surface area contributed by atoms with Crippen LogP contribution in [0.5, 0.6) is 0 Å². The number of aliphatic carboxylic acids is 1. The van der Waals surface area contributed by atoms with Crippen LogP contribution < -0.4 is 0 Å². The Kier molecular flexibility index (Phi) is 12.5. The quantitative estimate of drug-likeness (QED) is 0.307. The maximum atomic E-state index is 10.4. The molecule has 0 saturated heterocycles. The van der Waals surface area contributed by atoms with Gasteiger partial charge in [0.15, 0.2) is 0 Å². The summed E-state index contributed by atoms with van der Waals surface area (Å²) in [6.45, 7) is 1.98. The van der Waals surface area contributed by atoms with Gasteiger partial charge in [-0.05, 0) is 19.3 Å². The number of carbonyl (C=O) groups is 2. The summed E-state index contributed by atoms with van der Waals surface area (Å²) in [5.74, 6) is -0.636. The summed E-state index contributed by atoms with van der Waals surface area (Å²) >= 11 is 0. The van der Waals surface area contributed by atoms with Crippen molar-refractivity contribution < 1.29 is 14.7 Å². The maximum absolute atomic E-state index is 10.4. The second-order valence-corrected chi connectivity index (χ2v) is 5.26. The van der Waals surface area contributed by atoms with Crippen molar-refractivity contribution in [2.45, 2.75) is 71.1 Å². The molecule has 0 fully saturated rings. The highest BCUT2D eigenvalue weighted by Gasteiger charge is 1.98. The molecule has 1 N–H and O–H groups in total. The molecule has 0 aromatic carbocycles. The van der Waals surface area contributed by atoms with Gasteiger partial charge in [0.2, 0.25) is 0 Å². The van der Waals surface area contributed by atoms with Crippen LogP contribution in [-0.2, 0) is 9.59 Å². The minimum absolute atomic E-state index is 0.221. The number of unbranched alkanes of at least 4 members (excludes halogenated alkanes) is 8. The molecule has 0 rings (SSSR count). The van der Waals surface area contributed by atoms with Gasteiger partial charge in [0, 0.05) is 12.0 Å². The molecular weight excluding hydrogens is 240 g/mol. The van der Waals surface area contributed by atoms with Gasteiger partial charge in [0.1, 0.15) is 6.29 Å². The molecule has 0 spiro atoms. The zero-order valence-corrected chi connectivity index (χ0v) is 12.1. The second kappa shape index (κ2) is 13.3. The molecule has 0 radical (unpaired) electrons. The van der Waals surface area contributed by atoms with Crippen LogP contribution >= 0.6 is 0 Å². The predicted molar refractivity (Wildman–Crippen MR) is 78.2 cm³/mol. The molecule has 0 amide bonds. The number of carboxylic acid groups (broad SMARTS) is 1. The van der Waals surface area contributed by atoms with Gasteiger partial charge in [-0.2, -0.15) is 0 Å². The van der Waals surface area contributed by atoms with Gasteiger partial charge in [0.05, 0.1) is 0 Å². The van der Waals surface area contributed by atoms with Gasteiger partial charge in [-0.25, -0.2) is 4.79 Å². The van der Waals surface area contributed by atoms with Crippen LogP contribution in [0.1, 0.15) is 71.1 Å². The molecule has 0 unspecified atom stereocenters. The number of rotatable bonds is 13. The highest BCUT2D eigenvalue weighted by molar-refractivity contribution is 5.79. The third kappa shape index (κ3) is 14.8. The van der Waals surface area contributed by atoms with Gasteiger partial charge < -0.3 is 9.90 Å². The summed E-state index contributed by atoms with van der Waals surface area (Å²) in [4.78, 5) is 20.6. The Morgan fingerprint density at radius 1 is 1.00 bits per heavy atom. The van der Waals surface area contributed by atoms with Crippen LogP contribution in [0.15, 0.2) is 12.2 Å². The Morgan fingerprint density at radius 3 is 2.05 bits per heavy atom. The monoisotopic (exact) mass is 268 g/mol. The van der Waals surface area contributed by atoms with E-state index in [-0.39, 0.29) is 5.92 Å². The first-order valence-corrected chi connectivity index (χ1v) is 7.51. The maximum Gasteiger partial charge on any atom is 0.327 e. The van der Waals surface area contributed by atoms with Gasteiger partial charge in [-0.3, -0.25) is 0 Å². The van der Waals surface area contributed by atoms with E-state index in [1.807, 2.05) is 6.92 Å². The van der Waals surface area contributed by atoms with Crippen molar-refractivity contribution in [1.29, 1.82) is 0 Å². The minimum atomic E-state index is -0.858. The van der Waals surface area contributed by atoms with E-state index in [1.165, 1.54) is 51.0 Å². The molecule has 19 heavy (non-hydrogen) atoms. The van der Waals surface area contributed by atoms with Crippen molar-refractivity contribution in [3.8, 4) is 0 Å². The Hall–Kier alpha value is -1.12. The number of carbonyl (C=O) groups excluding carboxylic acids is 1. The average molecular weight is 268 g/mol. The summed E-state index contributed by atoms with van der Waals surface area (Å²) in [7, 11) is 0. The van der Waals surface area contributed by atoms with E-state index in [0.29, 0.717) is 0 Å². The standard InChI is InChI=1S/C16H28O3/c1-15(14-17)12-10-8-6-4-2-3-5-7-9-11-13-16(18)19/h11,13-15H,2-10,12H2,1H3,(H,18,19)/b13-11+/t15-/m0/s1. The number of hydrogen-bond acceptors (Lipinski definition) is 2. The Labute approximate surface area is 117 Å². The average Bonchev–Trinajstić information content (AvgIpc) is 2.39. The van der Waals surface area contributed by atoms with Crippen LogP contribution in [0, 0.1) is 5.92 Å². The lowest BCUT2D eigenvalue weighted by Crippen LogP contribution is -1.94. The van der Waals surface area contributed by atoms with E-state index in [2.05, 4.69) is 0 Å².